The van der Waals surface area contributed by atoms with Crippen molar-refractivity contribution in [3.8, 4) is 0 Å². The van der Waals surface area contributed by atoms with Crippen LogP contribution in [-0.2, 0) is 0 Å². The number of para-hydroxylation sites is 1. The van der Waals surface area contributed by atoms with Gasteiger partial charge in [-0.2, -0.15) is 0 Å². The molecule has 2 rings (SSSR count). The number of rotatable bonds is 3. The maximum atomic E-state index is 13.7. The van der Waals surface area contributed by atoms with Crippen LogP contribution in [0.4, 0.5) is 20.6 Å². The molecule has 6 nitrogen and oxygen atoms in total. The number of aromatic carboxylic acids is 1. The molecule has 21 heavy (non-hydrogen) atoms. The molecule has 7 heteroatoms. The predicted molar refractivity (Wildman–Crippen MR) is 75.0 cm³/mol. The van der Waals surface area contributed by atoms with E-state index in [9.17, 15) is 14.0 Å². The van der Waals surface area contributed by atoms with Gasteiger partial charge in [-0.3, -0.25) is 4.98 Å². The number of nitrogens with one attached hydrogen (secondary N) is 2. The van der Waals surface area contributed by atoms with E-state index in [0.717, 1.165) is 11.6 Å². The number of carboxylic acid groups (broad SMARTS) is 1. The molecule has 0 atom stereocenters. The van der Waals surface area contributed by atoms with Crippen LogP contribution in [0, 0.1) is 12.7 Å². The molecular weight excluding hydrogens is 277 g/mol. The molecule has 2 aromatic rings. The van der Waals surface area contributed by atoms with Crippen LogP contribution >= 0.6 is 0 Å². The van der Waals surface area contributed by atoms with Gasteiger partial charge in [-0.05, 0) is 30.7 Å². The molecule has 0 unspecified atom stereocenters. The van der Waals surface area contributed by atoms with Gasteiger partial charge >= 0.3 is 12.0 Å². The number of anilines is 2. The highest BCUT2D eigenvalue weighted by Gasteiger charge is 2.16. The standard InChI is InChI=1S/C14H12FN3O3/c1-8-5-6-16-7-11(8)17-14(21)18-12-9(13(19)20)3-2-4-10(12)15/h2-7H,1H3,(H,19,20)(H2,17,18,21). The largest absolute Gasteiger partial charge is 0.478 e. The highest BCUT2D eigenvalue weighted by molar-refractivity contribution is 6.04. The Hall–Kier alpha value is -2.96. The summed E-state index contributed by atoms with van der Waals surface area (Å²) in [6.07, 6.45) is 3.01. The second kappa shape index (κ2) is 6.00. The monoisotopic (exact) mass is 289 g/mol. The summed E-state index contributed by atoms with van der Waals surface area (Å²) in [5.41, 5.74) is 0.507. The van der Waals surface area contributed by atoms with E-state index in [1.807, 2.05) is 0 Å². The maximum absolute atomic E-state index is 13.7. The summed E-state index contributed by atoms with van der Waals surface area (Å²) in [6.45, 7) is 1.77. The molecule has 108 valence electrons. The van der Waals surface area contributed by atoms with E-state index in [2.05, 4.69) is 15.6 Å². The van der Waals surface area contributed by atoms with Gasteiger partial charge in [0.1, 0.15) is 5.82 Å². The molecule has 1 aromatic carbocycles. The molecule has 0 spiro atoms. The Labute approximate surface area is 119 Å². The molecule has 1 heterocycles. The number of aromatic nitrogens is 1. The lowest BCUT2D eigenvalue weighted by molar-refractivity contribution is 0.0697. The zero-order valence-corrected chi connectivity index (χ0v) is 11.1. The van der Waals surface area contributed by atoms with Gasteiger partial charge < -0.3 is 15.7 Å². The van der Waals surface area contributed by atoms with Gasteiger partial charge in [0, 0.05) is 6.20 Å². The van der Waals surface area contributed by atoms with E-state index in [4.69, 9.17) is 5.11 Å². The first-order chi connectivity index (χ1) is 9.99. The van der Waals surface area contributed by atoms with Crippen molar-refractivity contribution in [3.63, 3.8) is 0 Å². The number of aryl methyl sites for hydroxylation is 1. The Morgan fingerprint density at radius 3 is 2.67 bits per heavy atom. The second-order valence-corrected chi connectivity index (χ2v) is 4.24. The first-order valence-electron chi connectivity index (χ1n) is 5.99. The van der Waals surface area contributed by atoms with Crippen molar-refractivity contribution in [1.82, 2.24) is 4.98 Å². The Morgan fingerprint density at radius 1 is 1.24 bits per heavy atom. The van der Waals surface area contributed by atoms with Crippen molar-refractivity contribution in [3.05, 3.63) is 53.6 Å². The number of hydrogen-bond donors (Lipinski definition) is 3. The molecular formula is C14H12FN3O3. The quantitative estimate of drug-likeness (QED) is 0.810. The van der Waals surface area contributed by atoms with E-state index in [1.165, 1.54) is 18.3 Å². The molecule has 0 aliphatic rings. The highest BCUT2D eigenvalue weighted by atomic mass is 19.1. The van der Waals surface area contributed by atoms with Crippen LogP contribution in [0.3, 0.4) is 0 Å². The summed E-state index contributed by atoms with van der Waals surface area (Å²) in [7, 11) is 0. The smallest absolute Gasteiger partial charge is 0.337 e. The van der Waals surface area contributed by atoms with Crippen molar-refractivity contribution in [2.45, 2.75) is 6.92 Å². The zero-order chi connectivity index (χ0) is 15.4. The minimum atomic E-state index is -1.33. The van der Waals surface area contributed by atoms with Gasteiger partial charge in [0.15, 0.2) is 0 Å². The summed E-state index contributed by atoms with van der Waals surface area (Å²) < 4.78 is 13.7. The third kappa shape index (κ3) is 3.33. The molecule has 2 amide bonds. The average Bonchev–Trinajstić information content (AvgIpc) is 2.43. The highest BCUT2D eigenvalue weighted by Crippen LogP contribution is 2.20. The Morgan fingerprint density at radius 2 is 2.00 bits per heavy atom. The third-order valence-corrected chi connectivity index (χ3v) is 2.77. The van der Waals surface area contributed by atoms with Crippen molar-refractivity contribution in [1.29, 1.82) is 0 Å². The lowest BCUT2D eigenvalue weighted by Crippen LogP contribution is -2.22. The lowest BCUT2D eigenvalue weighted by atomic mass is 10.1. The van der Waals surface area contributed by atoms with Gasteiger partial charge in [0.05, 0.1) is 23.1 Å². The van der Waals surface area contributed by atoms with Crippen LogP contribution < -0.4 is 10.6 Å². The average molecular weight is 289 g/mol. The van der Waals surface area contributed by atoms with E-state index in [1.54, 1.807) is 19.2 Å². The fourth-order valence-corrected chi connectivity index (χ4v) is 1.69. The molecule has 0 saturated heterocycles. The molecule has 0 radical (unpaired) electrons. The van der Waals surface area contributed by atoms with Crippen LogP contribution in [0.15, 0.2) is 36.7 Å². The second-order valence-electron chi connectivity index (χ2n) is 4.24. The molecule has 0 saturated carbocycles. The van der Waals surface area contributed by atoms with Crippen LogP contribution in [0.25, 0.3) is 0 Å². The number of halogens is 1. The summed E-state index contributed by atoms with van der Waals surface area (Å²) in [6, 6.07) is 4.47. The molecule has 0 fully saturated rings. The topological polar surface area (TPSA) is 91.3 Å². The van der Waals surface area contributed by atoms with Gasteiger partial charge in [0.25, 0.3) is 0 Å². The van der Waals surface area contributed by atoms with E-state index in [0.29, 0.717) is 5.69 Å². The summed E-state index contributed by atoms with van der Waals surface area (Å²) in [5.74, 6) is -2.16. The van der Waals surface area contributed by atoms with Crippen molar-refractivity contribution in [2.24, 2.45) is 0 Å². The number of amides is 2. The van der Waals surface area contributed by atoms with Crippen LogP contribution in [0.5, 0.6) is 0 Å². The van der Waals surface area contributed by atoms with Gasteiger partial charge in [-0.25, -0.2) is 14.0 Å². The number of carbonyl (C=O) groups is 2. The number of nitrogens with zero attached hydrogens (tertiary/aromatic N) is 1. The number of carboxylic acids is 1. The SMILES string of the molecule is Cc1ccncc1NC(=O)Nc1c(F)cccc1C(=O)O. The van der Waals surface area contributed by atoms with E-state index >= 15 is 0 Å². The molecule has 0 bridgehead atoms. The molecule has 0 aliphatic carbocycles. The minimum Gasteiger partial charge on any atom is -0.478 e. The molecule has 3 N–H and O–H groups in total. The number of benzene rings is 1. The fourth-order valence-electron chi connectivity index (χ4n) is 1.69. The van der Waals surface area contributed by atoms with Gasteiger partial charge in [-0.15, -0.1) is 0 Å². The number of hydrogen-bond acceptors (Lipinski definition) is 3. The Balaban J connectivity index is 2.21. The van der Waals surface area contributed by atoms with Gasteiger partial charge in [-0.1, -0.05) is 6.07 Å². The summed E-state index contributed by atoms with van der Waals surface area (Å²) in [4.78, 5) is 26.7. The van der Waals surface area contributed by atoms with Crippen molar-refractivity contribution >= 4 is 23.4 Å². The number of urea groups is 1. The molecule has 0 aliphatic heterocycles. The first kappa shape index (κ1) is 14.4. The third-order valence-electron chi connectivity index (χ3n) is 2.77. The summed E-state index contributed by atoms with van der Waals surface area (Å²) in [5, 5.41) is 13.7. The zero-order valence-electron chi connectivity index (χ0n) is 11.1. The Bertz CT molecular complexity index is 704. The minimum absolute atomic E-state index is 0.326. The van der Waals surface area contributed by atoms with Crippen LogP contribution in [0.2, 0.25) is 0 Å². The van der Waals surface area contributed by atoms with Crippen LogP contribution in [0.1, 0.15) is 15.9 Å². The van der Waals surface area contributed by atoms with E-state index in [-0.39, 0.29) is 11.3 Å². The number of carbonyl (C=O) groups excluding carboxylic acids is 1. The summed E-state index contributed by atoms with van der Waals surface area (Å²) >= 11 is 0. The Kier molecular flexibility index (Phi) is 4.13. The maximum Gasteiger partial charge on any atom is 0.337 e. The predicted octanol–water partition coefficient (Wildman–Crippen LogP) is 2.87. The first-order valence-corrected chi connectivity index (χ1v) is 5.99. The molecule has 1 aromatic heterocycles. The normalized spacial score (nSPS) is 10.0. The lowest BCUT2D eigenvalue weighted by Gasteiger charge is -2.11. The van der Waals surface area contributed by atoms with E-state index < -0.39 is 17.8 Å². The van der Waals surface area contributed by atoms with Gasteiger partial charge in [0.2, 0.25) is 0 Å². The van der Waals surface area contributed by atoms with Crippen LogP contribution in [-0.4, -0.2) is 22.1 Å². The van der Waals surface area contributed by atoms with Crippen molar-refractivity contribution in [2.75, 3.05) is 10.6 Å². The fraction of sp³-hybridized carbons (Fsp3) is 0.0714. The number of pyridine rings is 1. The van der Waals surface area contributed by atoms with Crippen molar-refractivity contribution < 1.29 is 19.1 Å².